The number of carbonyl (C=O) groups excluding carboxylic acids is 1. The highest BCUT2D eigenvalue weighted by Crippen LogP contribution is 2.40. The Morgan fingerprint density at radius 2 is 2.00 bits per heavy atom. The quantitative estimate of drug-likeness (QED) is 0.891. The number of hydrogen-bond donors (Lipinski definition) is 2. The number of rotatable bonds is 4. The molecule has 0 aliphatic carbocycles. The van der Waals surface area contributed by atoms with Gasteiger partial charge in [-0.3, -0.25) is 4.90 Å². The maximum Gasteiger partial charge on any atom is 0.314 e. The average molecular weight is 331 g/mol. The van der Waals surface area contributed by atoms with Crippen molar-refractivity contribution < 1.29 is 9.53 Å². The van der Waals surface area contributed by atoms with Crippen molar-refractivity contribution in [2.75, 3.05) is 33.3 Å². The van der Waals surface area contributed by atoms with Gasteiger partial charge >= 0.3 is 6.03 Å². The van der Waals surface area contributed by atoms with Gasteiger partial charge in [-0.2, -0.15) is 0 Å². The van der Waals surface area contributed by atoms with Crippen LogP contribution in [0.4, 0.5) is 4.79 Å². The molecule has 2 aliphatic heterocycles. The van der Waals surface area contributed by atoms with Gasteiger partial charge < -0.3 is 15.4 Å². The highest BCUT2D eigenvalue weighted by atomic mass is 16.5. The van der Waals surface area contributed by atoms with Crippen LogP contribution in [-0.4, -0.2) is 50.3 Å². The van der Waals surface area contributed by atoms with Crippen LogP contribution in [0.25, 0.3) is 0 Å². The van der Waals surface area contributed by atoms with Gasteiger partial charge in [-0.05, 0) is 49.8 Å². The average Bonchev–Trinajstić information content (AvgIpc) is 2.64. The molecule has 1 spiro atoms. The van der Waals surface area contributed by atoms with Gasteiger partial charge in [-0.25, -0.2) is 4.79 Å². The Hall–Kier alpha value is -1.59. The zero-order valence-corrected chi connectivity index (χ0v) is 14.6. The zero-order valence-electron chi connectivity index (χ0n) is 14.6. The second kappa shape index (κ2) is 7.99. The molecule has 0 unspecified atom stereocenters. The summed E-state index contributed by atoms with van der Waals surface area (Å²) in [6.07, 6.45) is 4.86. The van der Waals surface area contributed by atoms with Gasteiger partial charge in [-0.15, -0.1) is 0 Å². The molecule has 1 atom stereocenters. The Morgan fingerprint density at radius 1 is 1.25 bits per heavy atom. The summed E-state index contributed by atoms with van der Waals surface area (Å²) in [4.78, 5) is 13.8. The lowest BCUT2D eigenvalue weighted by Crippen LogP contribution is -2.48. The summed E-state index contributed by atoms with van der Waals surface area (Å²) < 4.78 is 6.06. The smallest absolute Gasteiger partial charge is 0.314 e. The number of carbonyl (C=O) groups is 1. The summed E-state index contributed by atoms with van der Waals surface area (Å²) in [5, 5.41) is 5.42. The minimum absolute atomic E-state index is 0.131. The topological polar surface area (TPSA) is 53.6 Å². The van der Waals surface area contributed by atoms with Crippen LogP contribution in [-0.2, 0) is 11.3 Å². The largest absolute Gasteiger partial charge is 0.376 e. The third-order valence-electron chi connectivity index (χ3n) is 5.50. The van der Waals surface area contributed by atoms with E-state index in [1.165, 1.54) is 24.8 Å². The van der Waals surface area contributed by atoms with Gasteiger partial charge in [0.05, 0.1) is 12.7 Å². The van der Waals surface area contributed by atoms with E-state index < -0.39 is 0 Å². The molecule has 2 amide bonds. The van der Waals surface area contributed by atoms with Crippen molar-refractivity contribution in [1.29, 1.82) is 0 Å². The molecular formula is C19H29N3O2. The van der Waals surface area contributed by atoms with Gasteiger partial charge in [0.25, 0.3) is 0 Å². The molecule has 2 fully saturated rings. The van der Waals surface area contributed by atoms with Crippen LogP contribution >= 0.6 is 0 Å². The molecule has 5 nitrogen and oxygen atoms in total. The number of nitrogens with one attached hydrogen (secondary N) is 2. The van der Waals surface area contributed by atoms with Crippen molar-refractivity contribution in [2.45, 2.75) is 38.3 Å². The lowest BCUT2D eigenvalue weighted by molar-refractivity contribution is -0.0842. The molecule has 132 valence electrons. The lowest BCUT2D eigenvalue weighted by Gasteiger charge is -2.45. The number of amides is 2. The fourth-order valence-electron chi connectivity index (χ4n) is 3.79. The molecule has 0 saturated carbocycles. The lowest BCUT2D eigenvalue weighted by atomic mass is 9.73. The molecule has 3 rings (SSSR count). The van der Waals surface area contributed by atoms with Gasteiger partial charge in [0.1, 0.15) is 0 Å². The Kier molecular flexibility index (Phi) is 5.74. The number of nitrogens with zero attached hydrogens (tertiary/aromatic N) is 1. The molecule has 5 heteroatoms. The molecule has 2 saturated heterocycles. The number of hydrogen-bond acceptors (Lipinski definition) is 3. The van der Waals surface area contributed by atoms with E-state index in [4.69, 9.17) is 4.74 Å². The second-order valence-corrected chi connectivity index (χ2v) is 7.19. The van der Waals surface area contributed by atoms with E-state index in [0.717, 1.165) is 32.7 Å². The van der Waals surface area contributed by atoms with E-state index in [0.29, 0.717) is 12.0 Å². The van der Waals surface area contributed by atoms with Crippen molar-refractivity contribution in [2.24, 2.45) is 5.41 Å². The zero-order chi connectivity index (χ0) is 16.8. The number of benzene rings is 1. The van der Waals surface area contributed by atoms with Crippen molar-refractivity contribution in [3.8, 4) is 0 Å². The molecule has 2 heterocycles. The summed E-state index contributed by atoms with van der Waals surface area (Å²) in [5.74, 6) is 0. The fourth-order valence-corrected chi connectivity index (χ4v) is 3.79. The van der Waals surface area contributed by atoms with Crippen LogP contribution in [0.5, 0.6) is 0 Å². The first-order valence-electron chi connectivity index (χ1n) is 9.03. The summed E-state index contributed by atoms with van der Waals surface area (Å²) in [6.45, 7) is 4.80. The van der Waals surface area contributed by atoms with Crippen LogP contribution in [0.1, 0.15) is 31.2 Å². The van der Waals surface area contributed by atoms with Crippen LogP contribution in [0.3, 0.4) is 0 Å². The van der Waals surface area contributed by atoms with Crippen LogP contribution in [0, 0.1) is 5.41 Å². The molecule has 1 aromatic rings. The van der Waals surface area contributed by atoms with E-state index in [1.54, 1.807) is 7.05 Å². The van der Waals surface area contributed by atoms with Crippen molar-refractivity contribution >= 4 is 6.03 Å². The van der Waals surface area contributed by atoms with E-state index in [-0.39, 0.29) is 12.1 Å². The Morgan fingerprint density at radius 3 is 2.62 bits per heavy atom. The molecule has 2 N–H and O–H groups in total. The van der Waals surface area contributed by atoms with Crippen molar-refractivity contribution in [1.82, 2.24) is 15.5 Å². The van der Waals surface area contributed by atoms with Crippen molar-refractivity contribution in [3.05, 3.63) is 35.9 Å². The monoisotopic (exact) mass is 331 g/mol. The maximum absolute atomic E-state index is 11.3. The first-order chi connectivity index (χ1) is 11.7. The highest BCUT2D eigenvalue weighted by molar-refractivity contribution is 5.73. The minimum Gasteiger partial charge on any atom is -0.376 e. The van der Waals surface area contributed by atoms with Gasteiger partial charge in [0.15, 0.2) is 0 Å². The first kappa shape index (κ1) is 17.2. The number of likely N-dealkylation sites (tertiary alicyclic amines) is 1. The first-order valence-corrected chi connectivity index (χ1v) is 9.03. The molecule has 1 aromatic carbocycles. The van der Waals surface area contributed by atoms with E-state index in [9.17, 15) is 4.79 Å². The van der Waals surface area contributed by atoms with Crippen LogP contribution in [0.15, 0.2) is 30.3 Å². The molecule has 2 aliphatic rings. The number of ether oxygens (including phenoxy) is 1. The predicted molar refractivity (Wildman–Crippen MR) is 94.8 cm³/mol. The summed E-state index contributed by atoms with van der Waals surface area (Å²) in [6, 6.07) is 10.6. The predicted octanol–water partition coefficient (Wildman–Crippen LogP) is 2.38. The van der Waals surface area contributed by atoms with Crippen LogP contribution < -0.4 is 10.6 Å². The summed E-state index contributed by atoms with van der Waals surface area (Å²) in [5.41, 5.74) is 1.75. The van der Waals surface area contributed by atoms with E-state index in [2.05, 4.69) is 45.9 Å². The number of piperidine rings is 1. The number of urea groups is 1. The standard InChI is InChI=1S/C19H29N3O2/c1-20-18(23)21-13-17-7-8-19(15-24-17)9-11-22(12-10-19)14-16-5-3-2-4-6-16/h2-6,17H,7-15H2,1H3,(H2,20,21,23)/t17-/m0/s1. The van der Waals surface area contributed by atoms with E-state index >= 15 is 0 Å². The second-order valence-electron chi connectivity index (χ2n) is 7.19. The molecular weight excluding hydrogens is 302 g/mol. The molecule has 24 heavy (non-hydrogen) atoms. The third-order valence-corrected chi connectivity index (χ3v) is 5.50. The van der Waals surface area contributed by atoms with Crippen molar-refractivity contribution in [3.63, 3.8) is 0 Å². The van der Waals surface area contributed by atoms with Gasteiger partial charge in [-0.1, -0.05) is 30.3 Å². The fraction of sp³-hybridized carbons (Fsp3) is 0.632. The van der Waals surface area contributed by atoms with Gasteiger partial charge in [0, 0.05) is 20.1 Å². The van der Waals surface area contributed by atoms with Crippen LogP contribution in [0.2, 0.25) is 0 Å². The maximum atomic E-state index is 11.3. The SMILES string of the molecule is CNC(=O)NC[C@@H]1CCC2(CCN(Cc3ccccc3)CC2)CO1. The minimum atomic E-state index is -0.131. The third kappa shape index (κ3) is 4.48. The van der Waals surface area contributed by atoms with E-state index in [1.807, 2.05) is 0 Å². The normalized spacial score (nSPS) is 23.8. The Balaban J connectivity index is 1.41. The molecule has 0 aromatic heterocycles. The molecule has 0 bridgehead atoms. The highest BCUT2D eigenvalue weighted by Gasteiger charge is 2.38. The summed E-state index contributed by atoms with van der Waals surface area (Å²) >= 11 is 0. The molecule has 0 radical (unpaired) electrons. The Labute approximate surface area is 144 Å². The van der Waals surface area contributed by atoms with Gasteiger partial charge in [0.2, 0.25) is 0 Å². The Bertz CT molecular complexity index is 517. The summed E-state index contributed by atoms with van der Waals surface area (Å²) in [7, 11) is 1.63.